The van der Waals surface area contributed by atoms with Gasteiger partial charge in [0.2, 0.25) is 5.91 Å². The van der Waals surface area contributed by atoms with Crippen LogP contribution in [0.2, 0.25) is 0 Å². The molecule has 0 spiro atoms. The standard InChI is InChI=1S/C10H10BrFN2O4/c11-6-1-2-8(7(12)3-6)17-5-10(16)14-18-4-9(13)15/h1-3H,4-5H2,(H2,13,15)(H,14,16). The van der Waals surface area contributed by atoms with E-state index in [-0.39, 0.29) is 5.75 Å². The van der Waals surface area contributed by atoms with Crippen LogP contribution < -0.4 is 16.0 Å². The van der Waals surface area contributed by atoms with Crippen molar-refractivity contribution in [3.8, 4) is 5.75 Å². The summed E-state index contributed by atoms with van der Waals surface area (Å²) in [5.41, 5.74) is 6.70. The Bertz CT molecular complexity index is 456. The van der Waals surface area contributed by atoms with Gasteiger partial charge in [0.25, 0.3) is 5.91 Å². The SMILES string of the molecule is NC(=O)CONC(=O)COc1ccc(Br)cc1F. The summed E-state index contributed by atoms with van der Waals surface area (Å²) < 4.78 is 18.7. The van der Waals surface area contributed by atoms with Gasteiger partial charge in [-0.2, -0.15) is 0 Å². The molecular weight excluding hydrogens is 311 g/mol. The highest BCUT2D eigenvalue weighted by molar-refractivity contribution is 9.10. The first-order valence-electron chi connectivity index (χ1n) is 4.76. The molecule has 1 aromatic rings. The molecule has 0 aliphatic rings. The van der Waals surface area contributed by atoms with Crippen LogP contribution in [0.3, 0.4) is 0 Å². The Morgan fingerprint density at radius 2 is 2.11 bits per heavy atom. The lowest BCUT2D eigenvalue weighted by Crippen LogP contribution is -2.32. The van der Waals surface area contributed by atoms with E-state index in [4.69, 9.17) is 10.5 Å². The zero-order chi connectivity index (χ0) is 13.5. The monoisotopic (exact) mass is 320 g/mol. The topological polar surface area (TPSA) is 90.7 Å². The molecule has 18 heavy (non-hydrogen) atoms. The van der Waals surface area contributed by atoms with E-state index >= 15 is 0 Å². The van der Waals surface area contributed by atoms with Crippen molar-refractivity contribution in [2.75, 3.05) is 13.2 Å². The van der Waals surface area contributed by atoms with E-state index < -0.39 is 30.8 Å². The molecule has 2 amide bonds. The number of rotatable bonds is 6. The highest BCUT2D eigenvalue weighted by atomic mass is 79.9. The minimum Gasteiger partial charge on any atom is -0.481 e. The van der Waals surface area contributed by atoms with Gasteiger partial charge in [0.15, 0.2) is 24.8 Å². The molecule has 6 nitrogen and oxygen atoms in total. The van der Waals surface area contributed by atoms with Crippen molar-refractivity contribution in [1.82, 2.24) is 5.48 Å². The smallest absolute Gasteiger partial charge is 0.281 e. The van der Waals surface area contributed by atoms with Crippen molar-refractivity contribution >= 4 is 27.7 Å². The van der Waals surface area contributed by atoms with Crippen molar-refractivity contribution < 1.29 is 23.6 Å². The van der Waals surface area contributed by atoms with Gasteiger partial charge in [0.1, 0.15) is 0 Å². The molecule has 0 unspecified atom stereocenters. The number of amides is 2. The Morgan fingerprint density at radius 1 is 1.39 bits per heavy atom. The maximum atomic E-state index is 13.3. The van der Waals surface area contributed by atoms with E-state index in [1.54, 1.807) is 6.07 Å². The van der Waals surface area contributed by atoms with E-state index in [1.165, 1.54) is 12.1 Å². The van der Waals surface area contributed by atoms with Crippen LogP contribution in [0.1, 0.15) is 0 Å². The quantitative estimate of drug-likeness (QED) is 0.747. The number of hydrogen-bond acceptors (Lipinski definition) is 4. The highest BCUT2D eigenvalue weighted by Crippen LogP contribution is 2.21. The normalized spacial score (nSPS) is 9.89. The average Bonchev–Trinajstić information content (AvgIpc) is 2.27. The van der Waals surface area contributed by atoms with Gasteiger partial charge < -0.3 is 10.5 Å². The molecule has 0 aliphatic heterocycles. The largest absolute Gasteiger partial charge is 0.481 e. The fraction of sp³-hybridized carbons (Fsp3) is 0.200. The van der Waals surface area contributed by atoms with Crippen LogP contribution in [-0.4, -0.2) is 25.0 Å². The lowest BCUT2D eigenvalue weighted by molar-refractivity contribution is -0.139. The Kier molecular flexibility index (Phi) is 5.53. The van der Waals surface area contributed by atoms with Crippen LogP contribution in [-0.2, 0) is 14.4 Å². The summed E-state index contributed by atoms with van der Waals surface area (Å²) in [6, 6.07) is 4.15. The molecule has 0 fully saturated rings. The number of benzene rings is 1. The predicted molar refractivity (Wildman–Crippen MR) is 62.9 cm³/mol. The van der Waals surface area contributed by atoms with E-state index in [2.05, 4.69) is 20.8 Å². The van der Waals surface area contributed by atoms with Crippen molar-refractivity contribution in [3.63, 3.8) is 0 Å². The second-order valence-electron chi connectivity index (χ2n) is 3.14. The molecule has 1 aromatic carbocycles. The molecule has 0 atom stereocenters. The lowest BCUT2D eigenvalue weighted by Gasteiger charge is -2.07. The van der Waals surface area contributed by atoms with Crippen molar-refractivity contribution in [2.45, 2.75) is 0 Å². The van der Waals surface area contributed by atoms with Gasteiger partial charge in [-0.05, 0) is 18.2 Å². The maximum Gasteiger partial charge on any atom is 0.281 e. The summed E-state index contributed by atoms with van der Waals surface area (Å²) >= 11 is 3.09. The summed E-state index contributed by atoms with van der Waals surface area (Å²) in [4.78, 5) is 25.9. The predicted octanol–water partition coefficient (Wildman–Crippen LogP) is 0.500. The lowest BCUT2D eigenvalue weighted by atomic mass is 10.3. The number of ether oxygens (including phenoxy) is 1. The van der Waals surface area contributed by atoms with Crippen LogP contribution in [0.15, 0.2) is 22.7 Å². The second-order valence-corrected chi connectivity index (χ2v) is 4.06. The Morgan fingerprint density at radius 3 is 2.72 bits per heavy atom. The van der Waals surface area contributed by atoms with Gasteiger partial charge in [-0.3, -0.25) is 14.4 Å². The number of halogens is 2. The van der Waals surface area contributed by atoms with Crippen LogP contribution >= 0.6 is 15.9 Å². The third kappa shape index (κ3) is 5.11. The molecule has 1 rings (SSSR count). The van der Waals surface area contributed by atoms with E-state index in [9.17, 15) is 14.0 Å². The van der Waals surface area contributed by atoms with Crippen molar-refractivity contribution in [1.29, 1.82) is 0 Å². The number of hydroxylamine groups is 1. The first kappa shape index (κ1) is 14.4. The Hall–Kier alpha value is -1.67. The third-order valence-corrected chi connectivity index (χ3v) is 2.15. The van der Waals surface area contributed by atoms with E-state index in [0.717, 1.165) is 0 Å². The summed E-state index contributed by atoms with van der Waals surface area (Å²) in [7, 11) is 0. The Labute approximate surface area is 110 Å². The second kappa shape index (κ2) is 6.92. The van der Waals surface area contributed by atoms with Gasteiger partial charge in [0, 0.05) is 4.47 Å². The fourth-order valence-corrected chi connectivity index (χ4v) is 1.29. The van der Waals surface area contributed by atoms with Gasteiger partial charge in [-0.15, -0.1) is 0 Å². The molecule has 0 saturated carbocycles. The van der Waals surface area contributed by atoms with E-state index in [0.29, 0.717) is 4.47 Å². The molecule has 98 valence electrons. The van der Waals surface area contributed by atoms with E-state index in [1.807, 2.05) is 5.48 Å². The summed E-state index contributed by atoms with van der Waals surface area (Å²) in [5, 5.41) is 0. The average molecular weight is 321 g/mol. The molecule has 0 heterocycles. The zero-order valence-electron chi connectivity index (χ0n) is 9.11. The molecular formula is C10H10BrFN2O4. The number of nitrogens with two attached hydrogens (primary N) is 1. The number of primary amides is 1. The van der Waals surface area contributed by atoms with Gasteiger partial charge in [-0.1, -0.05) is 15.9 Å². The van der Waals surface area contributed by atoms with Crippen LogP contribution in [0, 0.1) is 5.82 Å². The van der Waals surface area contributed by atoms with Crippen molar-refractivity contribution in [3.05, 3.63) is 28.5 Å². The highest BCUT2D eigenvalue weighted by Gasteiger charge is 2.07. The number of carbonyl (C=O) groups excluding carboxylic acids is 2. The number of carbonyl (C=O) groups is 2. The van der Waals surface area contributed by atoms with Gasteiger partial charge in [0.05, 0.1) is 0 Å². The van der Waals surface area contributed by atoms with Crippen LogP contribution in [0.5, 0.6) is 5.75 Å². The van der Waals surface area contributed by atoms with Gasteiger partial charge >= 0.3 is 0 Å². The Balaban J connectivity index is 2.36. The minimum absolute atomic E-state index is 0.0664. The zero-order valence-corrected chi connectivity index (χ0v) is 10.7. The third-order valence-electron chi connectivity index (χ3n) is 1.65. The molecule has 0 bridgehead atoms. The summed E-state index contributed by atoms with van der Waals surface area (Å²) in [5.74, 6) is -2.06. The molecule has 0 saturated heterocycles. The molecule has 0 radical (unpaired) electrons. The fourth-order valence-electron chi connectivity index (χ4n) is 0.953. The first-order chi connectivity index (χ1) is 8.49. The maximum absolute atomic E-state index is 13.3. The first-order valence-corrected chi connectivity index (χ1v) is 5.55. The van der Waals surface area contributed by atoms with Crippen molar-refractivity contribution in [2.24, 2.45) is 5.73 Å². The molecule has 8 heteroatoms. The van der Waals surface area contributed by atoms with Gasteiger partial charge in [-0.25, -0.2) is 9.87 Å². The minimum atomic E-state index is -0.727. The summed E-state index contributed by atoms with van der Waals surface area (Å²) in [6.07, 6.45) is 0. The summed E-state index contributed by atoms with van der Waals surface area (Å²) in [6.45, 7) is -0.893. The molecule has 3 N–H and O–H groups in total. The van der Waals surface area contributed by atoms with Crippen LogP contribution in [0.25, 0.3) is 0 Å². The van der Waals surface area contributed by atoms with Crippen LogP contribution in [0.4, 0.5) is 4.39 Å². The number of nitrogens with one attached hydrogen (secondary N) is 1. The molecule has 0 aliphatic carbocycles. The molecule has 0 aromatic heterocycles. The number of hydrogen-bond donors (Lipinski definition) is 2.